The molecule has 12 nitrogen and oxygen atoms in total. The number of phosphoric acid groups is 3. The Morgan fingerprint density at radius 1 is 1.04 bits per heavy atom. The second kappa shape index (κ2) is 11.9. The lowest BCUT2D eigenvalue weighted by atomic mass is 10.1. The van der Waals surface area contributed by atoms with Crippen molar-refractivity contribution in [3.63, 3.8) is 0 Å². The molecule has 1 aliphatic heterocycles. The standard InChI is InChI=1S/C6H15O12P3.2C2H6/c1-4-2-5(7)6(16-4)3-15-20(11,12)18-21(13,14)17-19(8,9)10;2*1-2/h4-7H,2-3H2,1H3,(H,11,12)(H,13,14)(H2,8,9,10);2*1-2H3/p-3/t4-,5?,6+;;/m0../s1. The molecule has 0 amide bonds. The highest BCUT2D eigenvalue weighted by Gasteiger charge is 2.33. The first-order chi connectivity index (χ1) is 11.3. The van der Waals surface area contributed by atoms with Gasteiger partial charge in [-0.25, -0.2) is 8.62 Å². The Hall–Kier alpha value is 0.330. The van der Waals surface area contributed by atoms with Gasteiger partial charge in [0.05, 0.1) is 18.8 Å². The molecule has 1 saturated heterocycles. The van der Waals surface area contributed by atoms with Crippen LogP contribution in [0, 0.1) is 0 Å². The first kappa shape index (κ1) is 27.5. The van der Waals surface area contributed by atoms with Crippen LogP contribution in [-0.4, -0.2) is 34.9 Å². The van der Waals surface area contributed by atoms with Crippen molar-refractivity contribution >= 4 is 23.5 Å². The van der Waals surface area contributed by atoms with Crippen LogP contribution in [-0.2, 0) is 31.6 Å². The second-order valence-corrected chi connectivity index (χ2v) is 8.40. The van der Waals surface area contributed by atoms with Crippen molar-refractivity contribution in [2.75, 3.05) is 6.61 Å². The van der Waals surface area contributed by atoms with Gasteiger partial charge in [-0.2, -0.15) is 0 Å². The number of phosphoric ester groups is 1. The number of ether oxygens (including phenoxy) is 1. The quantitative estimate of drug-likeness (QED) is 0.515. The van der Waals surface area contributed by atoms with Crippen molar-refractivity contribution in [3.8, 4) is 0 Å². The molecule has 0 saturated carbocycles. The largest absolute Gasteiger partial charge is 0.756 e. The predicted octanol–water partition coefficient (Wildman–Crippen LogP) is 0.0244. The molecule has 25 heavy (non-hydrogen) atoms. The maximum absolute atomic E-state index is 11.2. The van der Waals surface area contributed by atoms with Gasteiger partial charge in [-0.1, -0.05) is 27.7 Å². The molecule has 0 aromatic carbocycles. The third kappa shape index (κ3) is 13.2. The summed E-state index contributed by atoms with van der Waals surface area (Å²) in [5, 5.41) is 9.45. The van der Waals surface area contributed by atoms with Crippen LogP contribution in [0.5, 0.6) is 0 Å². The highest BCUT2D eigenvalue weighted by Crippen LogP contribution is 2.61. The SMILES string of the molecule is CC.CC.C[C@H]1CC(O)[C@@H](COP(=O)([O-])OP(=O)([O-])OP(=O)([O-])O)O1. The molecule has 0 bridgehead atoms. The summed E-state index contributed by atoms with van der Waals surface area (Å²) in [7, 11) is -17.2. The lowest BCUT2D eigenvalue weighted by molar-refractivity contribution is -0.250. The fourth-order valence-electron chi connectivity index (χ4n) is 1.54. The molecule has 1 heterocycles. The molecule has 154 valence electrons. The predicted molar refractivity (Wildman–Crippen MR) is 80.8 cm³/mol. The zero-order valence-corrected chi connectivity index (χ0v) is 17.1. The highest BCUT2D eigenvalue weighted by atomic mass is 31.3. The molecule has 0 spiro atoms. The van der Waals surface area contributed by atoms with Crippen LogP contribution >= 0.6 is 23.5 Å². The van der Waals surface area contributed by atoms with Crippen LogP contribution in [0.2, 0.25) is 0 Å². The molecule has 0 aromatic rings. The minimum atomic E-state index is -5.90. The smallest absolute Gasteiger partial charge is 0.280 e. The molecule has 0 aliphatic carbocycles. The Balaban J connectivity index is 0. The van der Waals surface area contributed by atoms with E-state index in [9.17, 15) is 33.5 Å². The van der Waals surface area contributed by atoms with Crippen LogP contribution in [0.15, 0.2) is 0 Å². The van der Waals surface area contributed by atoms with E-state index in [-0.39, 0.29) is 12.5 Å². The van der Waals surface area contributed by atoms with Gasteiger partial charge in [0.25, 0.3) is 23.5 Å². The van der Waals surface area contributed by atoms with Crippen molar-refractivity contribution in [2.45, 2.75) is 59.4 Å². The van der Waals surface area contributed by atoms with Gasteiger partial charge in [-0.3, -0.25) is 13.7 Å². The second-order valence-electron chi connectivity index (χ2n) is 4.11. The van der Waals surface area contributed by atoms with Gasteiger partial charge >= 0.3 is 0 Å². The summed E-state index contributed by atoms with van der Waals surface area (Å²) < 4.78 is 48.0. The lowest BCUT2D eigenvalue weighted by Crippen LogP contribution is -2.27. The summed E-state index contributed by atoms with van der Waals surface area (Å²) in [6.07, 6.45) is -2.17. The molecule has 2 N–H and O–H groups in total. The van der Waals surface area contributed by atoms with E-state index >= 15 is 0 Å². The van der Waals surface area contributed by atoms with Gasteiger partial charge in [0.2, 0.25) is 0 Å². The number of hydrogen-bond acceptors (Lipinski definition) is 11. The molecular weight excluding hydrogens is 405 g/mol. The van der Waals surface area contributed by atoms with Gasteiger partial charge in [-0.05, 0) is 6.92 Å². The summed E-state index contributed by atoms with van der Waals surface area (Å²) in [4.78, 5) is 40.4. The maximum atomic E-state index is 11.2. The zero-order chi connectivity index (χ0) is 20.5. The molecule has 0 aromatic heterocycles. The average Bonchev–Trinajstić information content (AvgIpc) is 2.75. The molecule has 1 fully saturated rings. The third-order valence-electron chi connectivity index (χ3n) is 2.21. The summed E-state index contributed by atoms with van der Waals surface area (Å²) in [6, 6.07) is 0. The Morgan fingerprint density at radius 2 is 1.52 bits per heavy atom. The van der Waals surface area contributed by atoms with E-state index in [0.717, 1.165) is 0 Å². The van der Waals surface area contributed by atoms with Crippen LogP contribution in [0.4, 0.5) is 0 Å². The molecule has 1 aliphatic rings. The van der Waals surface area contributed by atoms with Crippen molar-refractivity contribution < 1.29 is 56.3 Å². The fraction of sp³-hybridized carbons (Fsp3) is 1.00. The number of rotatable bonds is 7. The van der Waals surface area contributed by atoms with Gasteiger partial charge in [0.15, 0.2) is 0 Å². The summed E-state index contributed by atoms with van der Waals surface area (Å²) in [5.41, 5.74) is 0. The Kier molecular flexibility index (Phi) is 13.1. The van der Waals surface area contributed by atoms with Gasteiger partial charge in [0.1, 0.15) is 6.10 Å². The number of aliphatic hydroxyl groups excluding tert-OH is 1. The maximum Gasteiger partial charge on any atom is 0.280 e. The van der Waals surface area contributed by atoms with Crippen LogP contribution in [0.3, 0.4) is 0 Å². The Morgan fingerprint density at radius 3 is 1.88 bits per heavy atom. The normalized spacial score (nSPS) is 29.8. The van der Waals surface area contributed by atoms with Gasteiger partial charge in [-0.15, -0.1) is 0 Å². The summed E-state index contributed by atoms with van der Waals surface area (Å²) in [5.74, 6) is 0. The minimum Gasteiger partial charge on any atom is -0.756 e. The van der Waals surface area contributed by atoms with Crippen molar-refractivity contribution in [3.05, 3.63) is 0 Å². The minimum absolute atomic E-state index is 0.227. The van der Waals surface area contributed by atoms with E-state index in [1.165, 1.54) is 0 Å². The molecule has 0 radical (unpaired) electrons. The van der Waals surface area contributed by atoms with E-state index in [1.54, 1.807) is 6.92 Å². The number of hydrogen-bond donors (Lipinski definition) is 2. The van der Waals surface area contributed by atoms with Gasteiger partial charge in [0, 0.05) is 6.42 Å². The molecule has 15 heteroatoms. The lowest BCUT2D eigenvalue weighted by Gasteiger charge is -2.33. The summed E-state index contributed by atoms with van der Waals surface area (Å²) in [6.45, 7) is 8.86. The summed E-state index contributed by atoms with van der Waals surface area (Å²) >= 11 is 0. The van der Waals surface area contributed by atoms with E-state index in [4.69, 9.17) is 9.63 Å². The Bertz CT molecular complexity index is 505. The van der Waals surface area contributed by atoms with Crippen LogP contribution < -0.4 is 14.7 Å². The first-order valence-corrected chi connectivity index (χ1v) is 11.8. The van der Waals surface area contributed by atoms with Crippen LogP contribution in [0.1, 0.15) is 41.0 Å². The van der Waals surface area contributed by atoms with E-state index in [1.807, 2.05) is 27.7 Å². The van der Waals surface area contributed by atoms with E-state index in [2.05, 4.69) is 13.1 Å². The van der Waals surface area contributed by atoms with Crippen molar-refractivity contribution in [1.29, 1.82) is 0 Å². The first-order valence-electron chi connectivity index (χ1n) is 7.36. The average molecular weight is 429 g/mol. The van der Waals surface area contributed by atoms with Crippen LogP contribution in [0.25, 0.3) is 0 Å². The number of aliphatic hydroxyl groups is 1. The fourth-order valence-corrected chi connectivity index (χ4v) is 4.44. The van der Waals surface area contributed by atoms with E-state index < -0.39 is 42.3 Å². The Labute approximate surface area is 146 Å². The molecule has 4 unspecified atom stereocenters. The molecular formula is C10H24O12P3-3. The zero-order valence-electron chi connectivity index (χ0n) is 14.5. The van der Waals surface area contributed by atoms with E-state index in [0.29, 0.717) is 0 Å². The van der Waals surface area contributed by atoms with Gasteiger partial charge < -0.3 is 33.9 Å². The van der Waals surface area contributed by atoms with Crippen molar-refractivity contribution in [1.82, 2.24) is 0 Å². The molecule has 6 atom stereocenters. The topological polar surface area (TPSA) is 198 Å². The monoisotopic (exact) mass is 429 g/mol. The highest BCUT2D eigenvalue weighted by molar-refractivity contribution is 7.65. The van der Waals surface area contributed by atoms with Crippen molar-refractivity contribution in [2.24, 2.45) is 0 Å². The molecule has 1 rings (SSSR count). The third-order valence-corrected chi connectivity index (χ3v) is 5.90.